The van der Waals surface area contributed by atoms with Crippen molar-refractivity contribution >= 4 is 0 Å². The average Bonchev–Trinajstić information content (AvgIpc) is 2.82. The third kappa shape index (κ3) is 1.80. The van der Waals surface area contributed by atoms with E-state index in [9.17, 15) is 0 Å². The maximum Gasteiger partial charge on any atom is 0.164 e. The van der Waals surface area contributed by atoms with Crippen molar-refractivity contribution in [3.8, 4) is 11.4 Å². The number of aromatic nitrogens is 4. The predicted octanol–water partition coefficient (Wildman–Crippen LogP) is 1.70. The molecule has 0 aliphatic carbocycles. The second-order valence-corrected chi connectivity index (χ2v) is 4.63. The number of rotatable bonds is 2. The molecule has 1 atom stereocenters. The molecule has 5 nitrogen and oxygen atoms in total. The van der Waals surface area contributed by atoms with Crippen LogP contribution in [0, 0.1) is 6.92 Å². The van der Waals surface area contributed by atoms with Crippen LogP contribution >= 0.6 is 0 Å². The fourth-order valence-electron chi connectivity index (χ4n) is 2.46. The monoisotopic (exact) mass is 243 g/mol. The van der Waals surface area contributed by atoms with Crippen LogP contribution in [0.4, 0.5) is 0 Å². The van der Waals surface area contributed by atoms with Gasteiger partial charge in [0.05, 0.1) is 6.04 Å². The Morgan fingerprint density at radius 1 is 1.44 bits per heavy atom. The Balaban J connectivity index is 2.07. The summed E-state index contributed by atoms with van der Waals surface area (Å²) < 4.78 is 2.22. The summed E-state index contributed by atoms with van der Waals surface area (Å²) in [7, 11) is 0. The number of hydrogen-bond acceptors (Lipinski definition) is 4. The maximum absolute atomic E-state index is 4.35. The molecule has 3 rings (SSSR count). The fourth-order valence-corrected chi connectivity index (χ4v) is 2.46. The first kappa shape index (κ1) is 11.3. The Kier molecular flexibility index (Phi) is 2.83. The van der Waals surface area contributed by atoms with Gasteiger partial charge in [0.2, 0.25) is 0 Å². The van der Waals surface area contributed by atoms with Crippen molar-refractivity contribution in [1.82, 2.24) is 25.1 Å². The van der Waals surface area contributed by atoms with Crippen molar-refractivity contribution in [1.29, 1.82) is 0 Å². The third-order valence-electron chi connectivity index (χ3n) is 3.38. The van der Waals surface area contributed by atoms with Crippen LogP contribution in [-0.2, 0) is 6.54 Å². The molecule has 1 N–H and O–H groups in total. The van der Waals surface area contributed by atoms with E-state index in [2.05, 4.69) is 38.1 Å². The van der Waals surface area contributed by atoms with E-state index >= 15 is 0 Å². The molecule has 0 bridgehead atoms. The summed E-state index contributed by atoms with van der Waals surface area (Å²) >= 11 is 0. The molecule has 0 saturated heterocycles. The van der Waals surface area contributed by atoms with E-state index in [1.54, 1.807) is 0 Å². The average molecular weight is 243 g/mol. The van der Waals surface area contributed by atoms with Crippen LogP contribution in [-0.4, -0.2) is 26.3 Å². The van der Waals surface area contributed by atoms with Crippen molar-refractivity contribution in [3.63, 3.8) is 0 Å². The molecular formula is C13H17N5. The molecule has 2 aromatic rings. The van der Waals surface area contributed by atoms with Crippen LogP contribution in [0.5, 0.6) is 0 Å². The van der Waals surface area contributed by atoms with Crippen molar-refractivity contribution in [2.45, 2.75) is 32.9 Å². The topological polar surface area (TPSA) is 55.6 Å². The molecule has 18 heavy (non-hydrogen) atoms. The predicted molar refractivity (Wildman–Crippen MR) is 69.0 cm³/mol. The summed E-state index contributed by atoms with van der Waals surface area (Å²) in [6, 6.07) is 4.37. The highest BCUT2D eigenvalue weighted by Gasteiger charge is 2.23. The summed E-state index contributed by atoms with van der Waals surface area (Å²) in [5.74, 6) is 2.00. The first-order chi connectivity index (χ1) is 8.79. The summed E-state index contributed by atoms with van der Waals surface area (Å²) in [5, 5.41) is 12.2. The lowest BCUT2D eigenvalue weighted by molar-refractivity contribution is 0.407. The number of aryl methyl sites for hydroxylation is 1. The van der Waals surface area contributed by atoms with Gasteiger partial charge in [-0.15, -0.1) is 10.2 Å². The van der Waals surface area contributed by atoms with Crippen LogP contribution in [0.25, 0.3) is 11.4 Å². The summed E-state index contributed by atoms with van der Waals surface area (Å²) in [6.07, 6.45) is 2.86. The van der Waals surface area contributed by atoms with Gasteiger partial charge in [-0.3, -0.25) is 4.98 Å². The first-order valence-corrected chi connectivity index (χ1v) is 6.39. The quantitative estimate of drug-likeness (QED) is 0.872. The smallest absolute Gasteiger partial charge is 0.164 e. The molecule has 0 amide bonds. The molecule has 5 heteroatoms. The second-order valence-electron chi connectivity index (χ2n) is 4.63. The van der Waals surface area contributed by atoms with Crippen molar-refractivity contribution in [2.24, 2.45) is 0 Å². The minimum absolute atomic E-state index is 0.322. The number of nitrogens with one attached hydrogen (secondary N) is 1. The number of fused-ring (bicyclic) bond motifs is 1. The normalized spacial score (nSPS) is 18.7. The van der Waals surface area contributed by atoms with Gasteiger partial charge in [-0.2, -0.15) is 0 Å². The fraction of sp³-hybridized carbons (Fsp3) is 0.462. The van der Waals surface area contributed by atoms with E-state index in [1.165, 1.54) is 0 Å². The van der Waals surface area contributed by atoms with E-state index in [-0.39, 0.29) is 0 Å². The van der Waals surface area contributed by atoms with Gasteiger partial charge in [0.15, 0.2) is 11.6 Å². The lowest BCUT2D eigenvalue weighted by atomic mass is 10.1. The highest BCUT2D eigenvalue weighted by Crippen LogP contribution is 2.25. The first-order valence-electron chi connectivity index (χ1n) is 6.39. The molecule has 0 spiro atoms. The van der Waals surface area contributed by atoms with Gasteiger partial charge in [-0.1, -0.05) is 6.92 Å². The molecule has 2 aromatic heterocycles. The van der Waals surface area contributed by atoms with Crippen molar-refractivity contribution < 1.29 is 0 Å². The second kappa shape index (κ2) is 4.49. The molecule has 0 saturated carbocycles. The Bertz CT molecular complexity index is 560. The highest BCUT2D eigenvalue weighted by molar-refractivity contribution is 5.55. The number of hydrogen-bond donors (Lipinski definition) is 1. The molecular weight excluding hydrogens is 226 g/mol. The van der Waals surface area contributed by atoms with E-state index < -0.39 is 0 Å². The lowest BCUT2D eigenvalue weighted by Gasteiger charge is -2.24. The van der Waals surface area contributed by atoms with Crippen LogP contribution in [0.3, 0.4) is 0 Å². The van der Waals surface area contributed by atoms with E-state index in [1.807, 2.05) is 19.2 Å². The van der Waals surface area contributed by atoms with Crippen molar-refractivity contribution in [2.75, 3.05) is 6.54 Å². The SMILES string of the molecule is CCC1NCCn2c(-c3ccnc(C)c3)nnc21. The maximum atomic E-state index is 4.35. The summed E-state index contributed by atoms with van der Waals surface area (Å²) in [6.45, 7) is 6.06. The van der Waals surface area contributed by atoms with Crippen LogP contribution < -0.4 is 5.32 Å². The molecule has 0 radical (unpaired) electrons. The van der Waals surface area contributed by atoms with Gasteiger partial charge in [0, 0.05) is 30.5 Å². The molecule has 0 fully saturated rings. The number of nitrogens with zero attached hydrogens (tertiary/aromatic N) is 4. The molecule has 94 valence electrons. The minimum atomic E-state index is 0.322. The Hall–Kier alpha value is -1.75. The van der Waals surface area contributed by atoms with Crippen LogP contribution in [0.2, 0.25) is 0 Å². The Labute approximate surface area is 106 Å². The van der Waals surface area contributed by atoms with Gasteiger partial charge in [0.25, 0.3) is 0 Å². The number of pyridine rings is 1. The minimum Gasteiger partial charge on any atom is -0.308 e. The van der Waals surface area contributed by atoms with E-state index in [0.717, 1.165) is 42.4 Å². The third-order valence-corrected chi connectivity index (χ3v) is 3.38. The zero-order valence-electron chi connectivity index (χ0n) is 10.7. The summed E-state index contributed by atoms with van der Waals surface area (Å²) in [5.41, 5.74) is 2.10. The Morgan fingerprint density at radius 2 is 2.33 bits per heavy atom. The molecule has 0 aromatic carbocycles. The standard InChI is InChI=1S/C13H17N5/c1-3-11-13-17-16-12(18(13)7-6-15-11)10-4-5-14-9(2)8-10/h4-5,8,11,15H,3,6-7H2,1-2H3. The zero-order valence-corrected chi connectivity index (χ0v) is 10.7. The lowest BCUT2D eigenvalue weighted by Crippen LogP contribution is -2.33. The van der Waals surface area contributed by atoms with Gasteiger partial charge < -0.3 is 9.88 Å². The molecule has 1 aliphatic heterocycles. The van der Waals surface area contributed by atoms with Crippen LogP contribution in [0.15, 0.2) is 18.3 Å². The van der Waals surface area contributed by atoms with Gasteiger partial charge >= 0.3 is 0 Å². The van der Waals surface area contributed by atoms with Gasteiger partial charge in [-0.05, 0) is 25.5 Å². The Morgan fingerprint density at radius 3 is 3.11 bits per heavy atom. The van der Waals surface area contributed by atoms with Gasteiger partial charge in [-0.25, -0.2) is 0 Å². The van der Waals surface area contributed by atoms with E-state index in [4.69, 9.17) is 0 Å². The molecule has 1 aliphatic rings. The molecule has 1 unspecified atom stereocenters. The molecule has 3 heterocycles. The zero-order chi connectivity index (χ0) is 12.5. The van der Waals surface area contributed by atoms with E-state index in [0.29, 0.717) is 6.04 Å². The largest absolute Gasteiger partial charge is 0.308 e. The van der Waals surface area contributed by atoms with Crippen molar-refractivity contribution in [3.05, 3.63) is 29.8 Å². The van der Waals surface area contributed by atoms with Gasteiger partial charge in [0.1, 0.15) is 0 Å². The highest BCUT2D eigenvalue weighted by atomic mass is 15.3. The van der Waals surface area contributed by atoms with Crippen LogP contribution in [0.1, 0.15) is 30.9 Å². The summed E-state index contributed by atoms with van der Waals surface area (Å²) in [4.78, 5) is 4.22.